The Bertz CT molecular complexity index is 205. The van der Waals surface area contributed by atoms with E-state index in [1.807, 2.05) is 0 Å². The third-order valence-corrected chi connectivity index (χ3v) is 1.69. The van der Waals surface area contributed by atoms with Gasteiger partial charge in [-0.2, -0.15) is 8.42 Å². The van der Waals surface area contributed by atoms with Crippen LogP contribution in [-0.4, -0.2) is 21.1 Å². The lowest BCUT2D eigenvalue weighted by atomic mass is 10.5. The molecule has 0 heterocycles. The minimum absolute atomic E-state index is 0.0605. The van der Waals surface area contributed by atoms with Gasteiger partial charge in [-0.15, -0.1) is 6.58 Å². The van der Waals surface area contributed by atoms with Crippen molar-refractivity contribution in [2.24, 2.45) is 0 Å². The predicted molar refractivity (Wildman–Crippen MR) is 41.3 cm³/mol. The molecule has 0 fully saturated rings. The van der Waals surface area contributed by atoms with E-state index >= 15 is 0 Å². The highest BCUT2D eigenvalue weighted by Gasteiger charge is 2.12. The lowest BCUT2D eigenvalue weighted by molar-refractivity contribution is 0.188. The van der Waals surface area contributed by atoms with Gasteiger partial charge in [-0.25, -0.2) is 8.37 Å². The summed E-state index contributed by atoms with van der Waals surface area (Å²) in [6, 6.07) is 0. The maximum Gasteiger partial charge on any atom is 0.400 e. The Balaban J connectivity index is 3.91. The summed E-state index contributed by atoms with van der Waals surface area (Å²) in [5, 5.41) is 0. The second-order valence-corrected chi connectivity index (χ2v) is 3.37. The van der Waals surface area contributed by atoms with Crippen LogP contribution in [0, 0.1) is 0 Å². The minimum atomic E-state index is -3.81. The van der Waals surface area contributed by atoms with Crippen LogP contribution in [0.15, 0.2) is 12.7 Å². The Morgan fingerprint density at radius 3 is 2.45 bits per heavy atom. The van der Waals surface area contributed by atoms with Crippen LogP contribution in [-0.2, 0) is 18.8 Å². The molecule has 0 aliphatic carbocycles. The molecule has 0 aromatic heterocycles. The maximum absolute atomic E-state index is 10.7. The van der Waals surface area contributed by atoms with Gasteiger partial charge in [0.1, 0.15) is 0 Å². The fourth-order valence-corrected chi connectivity index (χ4v) is 1.18. The number of rotatable bonds is 5. The van der Waals surface area contributed by atoms with Crippen LogP contribution in [0.2, 0.25) is 0 Å². The first kappa shape index (κ1) is 10.6. The molecule has 0 bridgehead atoms. The maximum atomic E-state index is 10.7. The SMILES string of the molecule is C=CCOS(=O)(=O)OC(C)C. The minimum Gasteiger partial charge on any atom is -0.245 e. The molecule has 0 saturated heterocycles. The van der Waals surface area contributed by atoms with Crippen LogP contribution in [0.4, 0.5) is 0 Å². The van der Waals surface area contributed by atoms with Gasteiger partial charge in [-0.1, -0.05) is 6.08 Å². The lowest BCUT2D eigenvalue weighted by Gasteiger charge is -2.05. The van der Waals surface area contributed by atoms with Crippen molar-refractivity contribution in [3.05, 3.63) is 12.7 Å². The second-order valence-electron chi connectivity index (χ2n) is 2.13. The zero-order chi connectivity index (χ0) is 8.91. The molecule has 0 unspecified atom stereocenters. The van der Waals surface area contributed by atoms with Gasteiger partial charge >= 0.3 is 10.4 Å². The highest BCUT2D eigenvalue weighted by Crippen LogP contribution is 2.00. The van der Waals surface area contributed by atoms with E-state index in [0.717, 1.165) is 0 Å². The molecule has 0 spiro atoms. The van der Waals surface area contributed by atoms with Crippen LogP contribution < -0.4 is 0 Å². The third kappa shape index (κ3) is 6.03. The van der Waals surface area contributed by atoms with Crippen molar-refractivity contribution in [2.75, 3.05) is 6.61 Å². The Kier molecular flexibility index (Phi) is 4.32. The summed E-state index contributed by atoms with van der Waals surface area (Å²) < 4.78 is 30.2. The molecule has 5 heteroatoms. The molecule has 11 heavy (non-hydrogen) atoms. The van der Waals surface area contributed by atoms with Crippen molar-refractivity contribution < 1.29 is 16.8 Å². The monoisotopic (exact) mass is 180 g/mol. The average Bonchev–Trinajstić information content (AvgIpc) is 1.81. The second kappa shape index (κ2) is 4.48. The average molecular weight is 180 g/mol. The molecule has 0 aromatic rings. The van der Waals surface area contributed by atoms with Gasteiger partial charge in [0.25, 0.3) is 0 Å². The molecule has 0 saturated carbocycles. The first-order valence-corrected chi connectivity index (χ1v) is 4.50. The van der Waals surface area contributed by atoms with Crippen molar-refractivity contribution >= 4 is 10.4 Å². The Hall–Kier alpha value is -0.390. The van der Waals surface area contributed by atoms with E-state index in [-0.39, 0.29) is 6.61 Å². The van der Waals surface area contributed by atoms with E-state index in [9.17, 15) is 8.42 Å². The Labute approximate surface area is 67.1 Å². The summed E-state index contributed by atoms with van der Waals surface area (Å²) in [6.07, 6.45) is 0.936. The normalized spacial score (nSPS) is 11.9. The molecule has 66 valence electrons. The molecule has 0 aliphatic heterocycles. The molecule has 0 aromatic carbocycles. The van der Waals surface area contributed by atoms with Crippen molar-refractivity contribution in [3.63, 3.8) is 0 Å². The summed E-state index contributed by atoms with van der Waals surface area (Å²) >= 11 is 0. The summed E-state index contributed by atoms with van der Waals surface area (Å²) in [6.45, 7) is 6.45. The van der Waals surface area contributed by atoms with Gasteiger partial charge in [0.05, 0.1) is 12.7 Å². The van der Waals surface area contributed by atoms with Gasteiger partial charge in [0.2, 0.25) is 0 Å². The molecule has 0 amide bonds. The van der Waals surface area contributed by atoms with Crippen LogP contribution in [0.25, 0.3) is 0 Å². The first-order chi connectivity index (χ1) is 4.98. The Morgan fingerprint density at radius 2 is 2.09 bits per heavy atom. The molecule has 0 N–H and O–H groups in total. The quantitative estimate of drug-likeness (QED) is 0.589. The van der Waals surface area contributed by atoms with Gasteiger partial charge < -0.3 is 0 Å². The summed E-state index contributed by atoms with van der Waals surface area (Å²) in [7, 11) is -3.81. The molecule has 0 radical (unpaired) electrons. The molecular formula is C6H12O4S. The number of hydrogen-bond donors (Lipinski definition) is 0. The highest BCUT2D eigenvalue weighted by atomic mass is 32.3. The fraction of sp³-hybridized carbons (Fsp3) is 0.667. The van der Waals surface area contributed by atoms with Crippen LogP contribution in [0.3, 0.4) is 0 Å². The Morgan fingerprint density at radius 1 is 1.55 bits per heavy atom. The van der Waals surface area contributed by atoms with Crippen molar-refractivity contribution in [1.29, 1.82) is 0 Å². The van der Waals surface area contributed by atoms with Crippen LogP contribution >= 0.6 is 0 Å². The van der Waals surface area contributed by atoms with Crippen molar-refractivity contribution in [2.45, 2.75) is 20.0 Å². The summed E-state index contributed by atoms with van der Waals surface area (Å²) in [4.78, 5) is 0. The zero-order valence-corrected chi connectivity index (χ0v) is 7.43. The highest BCUT2D eigenvalue weighted by molar-refractivity contribution is 7.81. The zero-order valence-electron chi connectivity index (χ0n) is 6.61. The van der Waals surface area contributed by atoms with E-state index in [1.54, 1.807) is 13.8 Å². The fourth-order valence-electron chi connectivity index (χ4n) is 0.395. The van der Waals surface area contributed by atoms with Gasteiger partial charge in [0, 0.05) is 0 Å². The van der Waals surface area contributed by atoms with Crippen LogP contribution in [0.1, 0.15) is 13.8 Å². The van der Waals surface area contributed by atoms with E-state index in [4.69, 9.17) is 0 Å². The van der Waals surface area contributed by atoms with E-state index in [0.29, 0.717) is 0 Å². The largest absolute Gasteiger partial charge is 0.400 e. The van der Waals surface area contributed by atoms with E-state index < -0.39 is 16.5 Å². The van der Waals surface area contributed by atoms with Crippen molar-refractivity contribution in [3.8, 4) is 0 Å². The van der Waals surface area contributed by atoms with Crippen LogP contribution in [0.5, 0.6) is 0 Å². The molecule has 4 nitrogen and oxygen atoms in total. The van der Waals surface area contributed by atoms with Gasteiger partial charge in [0.15, 0.2) is 0 Å². The number of hydrogen-bond acceptors (Lipinski definition) is 4. The topological polar surface area (TPSA) is 52.6 Å². The lowest BCUT2D eigenvalue weighted by Crippen LogP contribution is -2.15. The third-order valence-electron chi connectivity index (χ3n) is 0.641. The molecular weight excluding hydrogens is 168 g/mol. The summed E-state index contributed by atoms with van der Waals surface area (Å²) in [5.74, 6) is 0. The first-order valence-electron chi connectivity index (χ1n) is 3.16. The molecule has 0 atom stereocenters. The van der Waals surface area contributed by atoms with E-state index in [2.05, 4.69) is 14.9 Å². The predicted octanol–water partition coefficient (Wildman–Crippen LogP) is 0.859. The molecule has 0 aliphatic rings. The molecule has 0 rings (SSSR count). The van der Waals surface area contributed by atoms with E-state index in [1.165, 1.54) is 6.08 Å². The summed E-state index contributed by atoms with van der Waals surface area (Å²) in [5.41, 5.74) is 0. The smallest absolute Gasteiger partial charge is 0.245 e. The van der Waals surface area contributed by atoms with Gasteiger partial charge in [-0.05, 0) is 13.8 Å². The van der Waals surface area contributed by atoms with Crippen molar-refractivity contribution in [1.82, 2.24) is 0 Å². The standard InChI is InChI=1S/C6H12O4S/c1-4-5-9-11(7,8)10-6(2)3/h4,6H,1,5H2,2-3H3. The van der Waals surface area contributed by atoms with Gasteiger partial charge in [-0.3, -0.25) is 0 Å².